The second-order valence-corrected chi connectivity index (χ2v) is 4.13. The van der Waals surface area contributed by atoms with Gasteiger partial charge in [-0.1, -0.05) is 11.6 Å². The monoisotopic (exact) mass is 257 g/mol. The van der Waals surface area contributed by atoms with Gasteiger partial charge in [0.25, 0.3) is 5.91 Å². The molecule has 0 aromatic carbocycles. The predicted octanol–water partition coefficient (Wildman–Crippen LogP) is 1.47. The van der Waals surface area contributed by atoms with Crippen LogP contribution in [0.2, 0.25) is 5.02 Å². The summed E-state index contributed by atoms with van der Waals surface area (Å²) >= 11 is 5.88. The Hall–Kier alpha value is -1.33. The molecule has 5 nitrogen and oxygen atoms in total. The fourth-order valence-electron chi connectivity index (χ4n) is 1.28. The number of nitrogens with zero attached hydrogens (tertiary/aromatic N) is 1. The molecule has 17 heavy (non-hydrogen) atoms. The van der Waals surface area contributed by atoms with Crippen molar-refractivity contribution in [3.8, 4) is 0 Å². The van der Waals surface area contributed by atoms with Crippen molar-refractivity contribution in [1.82, 2.24) is 10.3 Å². The van der Waals surface area contributed by atoms with Gasteiger partial charge in [-0.15, -0.1) is 0 Å². The van der Waals surface area contributed by atoms with Gasteiger partial charge in [-0.2, -0.15) is 0 Å². The summed E-state index contributed by atoms with van der Waals surface area (Å²) in [4.78, 5) is 15.7. The molecule has 1 atom stereocenters. The number of hydrogen-bond donors (Lipinski definition) is 2. The average molecular weight is 258 g/mol. The van der Waals surface area contributed by atoms with E-state index in [-0.39, 0.29) is 28.5 Å². The van der Waals surface area contributed by atoms with E-state index in [4.69, 9.17) is 22.1 Å². The van der Waals surface area contributed by atoms with Crippen molar-refractivity contribution in [3.05, 3.63) is 22.8 Å². The molecule has 1 heterocycles. The SMILES string of the molecule is COCCC(C)NC(=O)c1nc(N)ccc1Cl. The van der Waals surface area contributed by atoms with Crippen molar-refractivity contribution in [2.75, 3.05) is 19.5 Å². The Morgan fingerprint density at radius 3 is 3.00 bits per heavy atom. The van der Waals surface area contributed by atoms with E-state index in [1.165, 1.54) is 0 Å². The molecule has 0 aliphatic rings. The molecule has 0 aliphatic heterocycles. The Kier molecular flexibility index (Phi) is 5.18. The fourth-order valence-corrected chi connectivity index (χ4v) is 1.47. The number of halogens is 1. The number of methoxy groups -OCH3 is 1. The van der Waals surface area contributed by atoms with Crippen molar-refractivity contribution in [1.29, 1.82) is 0 Å². The summed E-state index contributed by atoms with van der Waals surface area (Å²) in [6, 6.07) is 3.09. The minimum Gasteiger partial charge on any atom is -0.385 e. The van der Waals surface area contributed by atoms with Gasteiger partial charge < -0.3 is 15.8 Å². The quantitative estimate of drug-likeness (QED) is 0.838. The molecule has 1 aromatic heterocycles. The highest BCUT2D eigenvalue weighted by Gasteiger charge is 2.14. The van der Waals surface area contributed by atoms with Crippen LogP contribution in [0.4, 0.5) is 5.82 Å². The average Bonchev–Trinajstić information content (AvgIpc) is 2.29. The number of amides is 1. The Balaban J connectivity index is 2.66. The smallest absolute Gasteiger partial charge is 0.271 e. The number of nitrogens with one attached hydrogen (secondary N) is 1. The first kappa shape index (κ1) is 13.7. The zero-order valence-electron chi connectivity index (χ0n) is 9.87. The summed E-state index contributed by atoms with van der Waals surface area (Å²) in [6.07, 6.45) is 0.724. The van der Waals surface area contributed by atoms with Gasteiger partial charge in [0.2, 0.25) is 0 Å². The van der Waals surface area contributed by atoms with Crippen LogP contribution in [0.1, 0.15) is 23.8 Å². The van der Waals surface area contributed by atoms with Crippen LogP contribution in [0, 0.1) is 0 Å². The molecule has 1 aromatic rings. The normalized spacial score (nSPS) is 12.2. The third-order valence-corrected chi connectivity index (χ3v) is 2.52. The minimum absolute atomic E-state index is 0.0123. The second-order valence-electron chi connectivity index (χ2n) is 3.72. The minimum atomic E-state index is -0.328. The first-order valence-electron chi connectivity index (χ1n) is 5.26. The van der Waals surface area contributed by atoms with Gasteiger partial charge >= 0.3 is 0 Å². The molecule has 0 aliphatic carbocycles. The molecule has 6 heteroatoms. The van der Waals surface area contributed by atoms with Crippen molar-refractivity contribution >= 4 is 23.3 Å². The number of rotatable bonds is 5. The van der Waals surface area contributed by atoms with E-state index in [2.05, 4.69) is 10.3 Å². The number of anilines is 1. The molecule has 1 unspecified atom stereocenters. The maximum Gasteiger partial charge on any atom is 0.271 e. The lowest BCUT2D eigenvalue weighted by Crippen LogP contribution is -2.34. The van der Waals surface area contributed by atoms with Gasteiger partial charge in [-0.3, -0.25) is 4.79 Å². The van der Waals surface area contributed by atoms with E-state index in [1.54, 1.807) is 19.2 Å². The van der Waals surface area contributed by atoms with E-state index < -0.39 is 0 Å². The third kappa shape index (κ3) is 4.20. The van der Waals surface area contributed by atoms with Crippen molar-refractivity contribution in [2.24, 2.45) is 0 Å². The lowest BCUT2D eigenvalue weighted by atomic mass is 10.2. The standard InChI is InChI=1S/C11H16ClN3O2/c1-7(5-6-17-2)14-11(16)10-8(12)3-4-9(13)15-10/h3-4,7H,5-6H2,1-2H3,(H2,13,15)(H,14,16). The molecule has 0 saturated carbocycles. The molecule has 0 fully saturated rings. The third-order valence-electron chi connectivity index (χ3n) is 2.22. The molecule has 94 valence electrons. The largest absolute Gasteiger partial charge is 0.385 e. The zero-order chi connectivity index (χ0) is 12.8. The summed E-state index contributed by atoms with van der Waals surface area (Å²) in [7, 11) is 1.62. The number of pyridine rings is 1. The highest BCUT2D eigenvalue weighted by Crippen LogP contribution is 2.15. The number of ether oxygens (including phenoxy) is 1. The van der Waals surface area contributed by atoms with Crippen LogP contribution in [0.15, 0.2) is 12.1 Å². The molecular weight excluding hydrogens is 242 g/mol. The first-order valence-corrected chi connectivity index (χ1v) is 5.64. The van der Waals surface area contributed by atoms with Crippen LogP contribution in [0.5, 0.6) is 0 Å². The number of hydrogen-bond acceptors (Lipinski definition) is 4. The predicted molar refractivity (Wildman–Crippen MR) is 67.1 cm³/mol. The summed E-state index contributed by atoms with van der Waals surface area (Å²) in [5.74, 6) is -0.0602. The van der Waals surface area contributed by atoms with Crippen LogP contribution in [0.25, 0.3) is 0 Å². The molecular formula is C11H16ClN3O2. The van der Waals surface area contributed by atoms with Crippen LogP contribution in [-0.2, 0) is 4.74 Å². The molecule has 3 N–H and O–H groups in total. The number of nitrogens with two attached hydrogens (primary N) is 1. The van der Waals surface area contributed by atoms with Gasteiger partial charge in [0.05, 0.1) is 5.02 Å². The highest BCUT2D eigenvalue weighted by molar-refractivity contribution is 6.33. The summed E-state index contributed by atoms with van der Waals surface area (Å²) < 4.78 is 4.93. The Labute approximate surface area is 105 Å². The van der Waals surface area contributed by atoms with Gasteiger partial charge in [0.15, 0.2) is 0 Å². The molecule has 0 spiro atoms. The Morgan fingerprint density at radius 2 is 2.35 bits per heavy atom. The maximum absolute atomic E-state index is 11.8. The van der Waals surface area contributed by atoms with Crippen molar-refractivity contribution < 1.29 is 9.53 Å². The lowest BCUT2D eigenvalue weighted by Gasteiger charge is -2.13. The zero-order valence-corrected chi connectivity index (χ0v) is 10.6. The number of carbonyl (C=O) groups is 1. The number of carbonyl (C=O) groups excluding carboxylic acids is 1. The van der Waals surface area contributed by atoms with Crippen molar-refractivity contribution in [2.45, 2.75) is 19.4 Å². The molecule has 0 bridgehead atoms. The van der Waals surface area contributed by atoms with Gasteiger partial charge in [-0.25, -0.2) is 4.98 Å². The van der Waals surface area contributed by atoms with E-state index in [0.29, 0.717) is 6.61 Å². The topological polar surface area (TPSA) is 77.2 Å². The van der Waals surface area contributed by atoms with E-state index in [9.17, 15) is 4.79 Å². The van der Waals surface area contributed by atoms with Crippen molar-refractivity contribution in [3.63, 3.8) is 0 Å². The molecule has 0 radical (unpaired) electrons. The van der Waals surface area contributed by atoms with E-state index >= 15 is 0 Å². The van der Waals surface area contributed by atoms with Gasteiger partial charge in [-0.05, 0) is 25.5 Å². The van der Waals surface area contributed by atoms with Crippen LogP contribution >= 0.6 is 11.6 Å². The van der Waals surface area contributed by atoms with Crippen LogP contribution < -0.4 is 11.1 Å². The summed E-state index contributed by atoms with van der Waals surface area (Å²) in [5, 5.41) is 3.07. The van der Waals surface area contributed by atoms with Gasteiger partial charge in [0, 0.05) is 19.8 Å². The first-order chi connectivity index (χ1) is 8.04. The van der Waals surface area contributed by atoms with Crippen LogP contribution in [0.3, 0.4) is 0 Å². The molecule has 1 rings (SSSR count). The summed E-state index contributed by atoms with van der Waals surface area (Å²) in [6.45, 7) is 2.47. The lowest BCUT2D eigenvalue weighted by molar-refractivity contribution is 0.0925. The van der Waals surface area contributed by atoms with Gasteiger partial charge in [0.1, 0.15) is 11.5 Å². The maximum atomic E-state index is 11.8. The van der Waals surface area contributed by atoms with E-state index in [1.807, 2.05) is 6.92 Å². The molecule has 1 amide bonds. The summed E-state index contributed by atoms with van der Waals surface area (Å²) in [5.41, 5.74) is 5.66. The number of nitrogen functional groups attached to an aromatic ring is 1. The Morgan fingerprint density at radius 1 is 1.65 bits per heavy atom. The Bertz CT molecular complexity index is 398. The molecule has 0 saturated heterocycles. The van der Waals surface area contributed by atoms with Crippen LogP contribution in [-0.4, -0.2) is 30.6 Å². The van der Waals surface area contributed by atoms with E-state index in [0.717, 1.165) is 6.42 Å². The number of aromatic nitrogens is 1. The second kappa shape index (κ2) is 6.42. The highest BCUT2D eigenvalue weighted by atomic mass is 35.5. The fraction of sp³-hybridized carbons (Fsp3) is 0.455.